The third kappa shape index (κ3) is 3.34. The molecule has 82 valence electrons. The van der Waals surface area contributed by atoms with Crippen LogP contribution in [0, 0.1) is 6.92 Å². The highest BCUT2D eigenvalue weighted by molar-refractivity contribution is 5.76. The fourth-order valence-electron chi connectivity index (χ4n) is 1.50. The van der Waals surface area contributed by atoms with Crippen molar-refractivity contribution in [3.8, 4) is 0 Å². The minimum atomic E-state index is -0.250. The molecule has 0 saturated carbocycles. The molecule has 0 aliphatic rings. The molecule has 0 aliphatic heterocycles. The Hall–Kier alpha value is -1.39. The number of hydrazine groups is 1. The van der Waals surface area contributed by atoms with E-state index in [0.717, 1.165) is 11.1 Å². The van der Waals surface area contributed by atoms with E-state index in [4.69, 9.17) is 5.73 Å². The standard InChI is InChI=1S/C11H17N3O/c1-8-5-3-4-6-9(8)10(12)7-11(15)14-13-2/h3-6,10,13H,7,12H2,1-2H3,(H,14,15). The second-order valence-corrected chi connectivity index (χ2v) is 3.47. The lowest BCUT2D eigenvalue weighted by Crippen LogP contribution is -2.36. The molecule has 1 unspecified atom stereocenters. The molecule has 4 N–H and O–H groups in total. The van der Waals surface area contributed by atoms with Gasteiger partial charge in [0.15, 0.2) is 0 Å². The average Bonchev–Trinajstić information content (AvgIpc) is 2.18. The zero-order valence-electron chi connectivity index (χ0n) is 9.08. The van der Waals surface area contributed by atoms with Gasteiger partial charge in [-0.15, -0.1) is 0 Å². The molecule has 0 saturated heterocycles. The van der Waals surface area contributed by atoms with Gasteiger partial charge in [0.25, 0.3) is 0 Å². The van der Waals surface area contributed by atoms with E-state index in [-0.39, 0.29) is 18.4 Å². The van der Waals surface area contributed by atoms with Crippen molar-refractivity contribution in [1.82, 2.24) is 10.9 Å². The lowest BCUT2D eigenvalue weighted by Gasteiger charge is -2.14. The molecule has 0 spiro atoms. The van der Waals surface area contributed by atoms with E-state index in [1.54, 1.807) is 7.05 Å². The topological polar surface area (TPSA) is 67.1 Å². The van der Waals surface area contributed by atoms with Gasteiger partial charge in [-0.2, -0.15) is 0 Å². The Balaban J connectivity index is 2.65. The smallest absolute Gasteiger partial charge is 0.235 e. The van der Waals surface area contributed by atoms with Gasteiger partial charge in [-0.05, 0) is 18.1 Å². The quantitative estimate of drug-likeness (QED) is 0.635. The Morgan fingerprint density at radius 1 is 1.47 bits per heavy atom. The summed E-state index contributed by atoms with van der Waals surface area (Å²) >= 11 is 0. The van der Waals surface area contributed by atoms with E-state index < -0.39 is 0 Å². The number of carbonyl (C=O) groups excluding carboxylic acids is 1. The molecule has 1 aromatic rings. The molecule has 0 bridgehead atoms. The molecule has 4 heteroatoms. The van der Waals surface area contributed by atoms with Crippen molar-refractivity contribution in [2.45, 2.75) is 19.4 Å². The monoisotopic (exact) mass is 207 g/mol. The molecule has 15 heavy (non-hydrogen) atoms. The minimum Gasteiger partial charge on any atom is -0.324 e. The van der Waals surface area contributed by atoms with Crippen LogP contribution in [0.3, 0.4) is 0 Å². The summed E-state index contributed by atoms with van der Waals surface area (Å²) < 4.78 is 0. The molecule has 0 aliphatic carbocycles. The highest BCUT2D eigenvalue weighted by Gasteiger charge is 2.12. The van der Waals surface area contributed by atoms with Gasteiger partial charge in [0.05, 0.1) is 0 Å². The summed E-state index contributed by atoms with van der Waals surface area (Å²) in [6.45, 7) is 1.99. The van der Waals surface area contributed by atoms with Crippen molar-refractivity contribution in [2.24, 2.45) is 5.73 Å². The van der Waals surface area contributed by atoms with Crippen molar-refractivity contribution in [3.05, 3.63) is 35.4 Å². The largest absolute Gasteiger partial charge is 0.324 e. The summed E-state index contributed by atoms with van der Waals surface area (Å²) in [4.78, 5) is 11.3. The Morgan fingerprint density at radius 3 is 2.73 bits per heavy atom. The van der Waals surface area contributed by atoms with Crippen molar-refractivity contribution >= 4 is 5.91 Å². The average molecular weight is 207 g/mol. The first-order chi connectivity index (χ1) is 7.15. The summed E-state index contributed by atoms with van der Waals surface area (Å²) in [5.74, 6) is -0.103. The minimum absolute atomic E-state index is 0.103. The maximum absolute atomic E-state index is 11.3. The maximum atomic E-state index is 11.3. The van der Waals surface area contributed by atoms with E-state index in [2.05, 4.69) is 10.9 Å². The summed E-state index contributed by atoms with van der Waals surface area (Å²) in [6.07, 6.45) is 0.283. The first-order valence-corrected chi connectivity index (χ1v) is 4.92. The summed E-state index contributed by atoms with van der Waals surface area (Å²) in [7, 11) is 1.65. The number of aryl methyl sites for hydroxylation is 1. The Kier molecular flexibility index (Phi) is 4.27. The van der Waals surface area contributed by atoms with Crippen LogP contribution in [0.15, 0.2) is 24.3 Å². The van der Waals surface area contributed by atoms with Crippen LogP contribution >= 0.6 is 0 Å². The van der Waals surface area contributed by atoms with Crippen molar-refractivity contribution < 1.29 is 4.79 Å². The SMILES string of the molecule is CNNC(=O)CC(N)c1ccccc1C. The van der Waals surface area contributed by atoms with Crippen molar-refractivity contribution in [3.63, 3.8) is 0 Å². The molecule has 4 nitrogen and oxygen atoms in total. The molecule has 0 heterocycles. The molecular weight excluding hydrogens is 190 g/mol. The van der Waals surface area contributed by atoms with E-state index in [1.165, 1.54) is 0 Å². The third-order valence-electron chi connectivity index (χ3n) is 2.26. The second kappa shape index (κ2) is 5.48. The first-order valence-electron chi connectivity index (χ1n) is 4.92. The van der Waals surface area contributed by atoms with E-state index in [1.807, 2.05) is 31.2 Å². The lowest BCUT2D eigenvalue weighted by molar-refractivity contribution is -0.122. The highest BCUT2D eigenvalue weighted by atomic mass is 16.2. The normalized spacial score (nSPS) is 12.2. The number of hydrogen-bond acceptors (Lipinski definition) is 3. The molecule has 1 atom stereocenters. The van der Waals surface area contributed by atoms with Crippen LogP contribution in [0.1, 0.15) is 23.6 Å². The number of benzene rings is 1. The number of nitrogens with one attached hydrogen (secondary N) is 2. The van der Waals surface area contributed by atoms with Gasteiger partial charge in [0.1, 0.15) is 0 Å². The first kappa shape index (κ1) is 11.7. The van der Waals surface area contributed by atoms with Gasteiger partial charge in [0.2, 0.25) is 5.91 Å². The zero-order chi connectivity index (χ0) is 11.3. The molecule has 1 rings (SSSR count). The second-order valence-electron chi connectivity index (χ2n) is 3.47. The van der Waals surface area contributed by atoms with E-state index >= 15 is 0 Å². The number of carbonyl (C=O) groups is 1. The fourth-order valence-corrected chi connectivity index (χ4v) is 1.50. The van der Waals surface area contributed by atoms with Crippen LogP contribution in [0.4, 0.5) is 0 Å². The number of nitrogens with two attached hydrogens (primary N) is 1. The lowest BCUT2D eigenvalue weighted by atomic mass is 9.99. The van der Waals surface area contributed by atoms with Gasteiger partial charge < -0.3 is 5.73 Å². The van der Waals surface area contributed by atoms with E-state index in [0.29, 0.717) is 0 Å². The van der Waals surface area contributed by atoms with Gasteiger partial charge in [-0.1, -0.05) is 24.3 Å². The molecule has 0 fully saturated rings. The van der Waals surface area contributed by atoms with Crippen LogP contribution in [0.25, 0.3) is 0 Å². The molecular formula is C11H17N3O. The Bertz CT molecular complexity index is 338. The van der Waals surface area contributed by atoms with E-state index in [9.17, 15) is 4.79 Å². The predicted octanol–water partition coefficient (Wildman–Crippen LogP) is 0.636. The van der Waals surface area contributed by atoms with Crippen LogP contribution in [0.5, 0.6) is 0 Å². The molecule has 0 aromatic heterocycles. The number of rotatable bonds is 4. The van der Waals surface area contributed by atoms with Gasteiger partial charge in [0, 0.05) is 19.5 Å². The van der Waals surface area contributed by atoms with Crippen LogP contribution in [-0.4, -0.2) is 13.0 Å². The van der Waals surface area contributed by atoms with Crippen LogP contribution in [-0.2, 0) is 4.79 Å². The maximum Gasteiger partial charge on any atom is 0.235 e. The Morgan fingerprint density at radius 2 is 2.13 bits per heavy atom. The van der Waals surface area contributed by atoms with Gasteiger partial charge >= 0.3 is 0 Å². The fraction of sp³-hybridized carbons (Fsp3) is 0.364. The van der Waals surface area contributed by atoms with Crippen molar-refractivity contribution in [2.75, 3.05) is 7.05 Å². The highest BCUT2D eigenvalue weighted by Crippen LogP contribution is 2.17. The summed E-state index contributed by atoms with van der Waals surface area (Å²) in [5, 5.41) is 0. The van der Waals surface area contributed by atoms with Crippen molar-refractivity contribution in [1.29, 1.82) is 0 Å². The zero-order valence-corrected chi connectivity index (χ0v) is 9.08. The number of hydrogen-bond donors (Lipinski definition) is 3. The van der Waals surface area contributed by atoms with Gasteiger partial charge in [-0.3, -0.25) is 10.2 Å². The molecule has 0 radical (unpaired) electrons. The van der Waals surface area contributed by atoms with Gasteiger partial charge in [-0.25, -0.2) is 5.43 Å². The predicted molar refractivity (Wildman–Crippen MR) is 59.9 cm³/mol. The molecule has 1 aromatic carbocycles. The van der Waals surface area contributed by atoms with Crippen LogP contribution in [0.2, 0.25) is 0 Å². The summed E-state index contributed by atoms with van der Waals surface area (Å²) in [6, 6.07) is 7.58. The molecule has 1 amide bonds. The summed E-state index contributed by atoms with van der Waals surface area (Å²) in [5.41, 5.74) is 13.1. The third-order valence-corrected chi connectivity index (χ3v) is 2.26. The number of amides is 1. The Labute approximate surface area is 89.8 Å². The van der Waals surface area contributed by atoms with Crippen LogP contribution < -0.4 is 16.6 Å².